The van der Waals surface area contributed by atoms with Crippen molar-refractivity contribution in [2.75, 3.05) is 0 Å². The lowest BCUT2D eigenvalue weighted by atomic mass is 9.96. The van der Waals surface area contributed by atoms with Gasteiger partial charge in [0.2, 0.25) is 0 Å². The van der Waals surface area contributed by atoms with E-state index < -0.39 is 0 Å². The highest BCUT2D eigenvalue weighted by Crippen LogP contribution is 2.46. The normalized spacial score (nSPS) is 10.9. The zero-order valence-corrected chi connectivity index (χ0v) is 51.4. The van der Waals surface area contributed by atoms with Crippen LogP contribution in [-0.2, 0) is 0 Å². The molecule has 0 bridgehead atoms. The number of hydrogen-bond acceptors (Lipinski definition) is 7. The maximum absolute atomic E-state index is 10.2. The highest BCUT2D eigenvalue weighted by atomic mass is 15.0. The molecule has 15 rings (SSSR count). The van der Waals surface area contributed by atoms with Gasteiger partial charge in [0.25, 0.3) is 0 Å². The fraction of sp³-hybridized carbons (Fsp3) is 0.0119. The molecule has 0 aliphatic heterocycles. The third-order valence-corrected chi connectivity index (χ3v) is 17.4. The largest absolute Gasteiger partial charge is 0.309 e. The predicted octanol–water partition coefficient (Wildman–Crippen LogP) is 21.4. The summed E-state index contributed by atoms with van der Waals surface area (Å²) in [6, 6.07) is 86.6. The highest BCUT2D eigenvalue weighted by Gasteiger charge is 2.25. The van der Waals surface area contributed by atoms with Crippen molar-refractivity contribution in [1.29, 1.82) is 21.0 Å². The zero-order chi connectivity index (χ0) is 66.4. The molecule has 3 heterocycles. The van der Waals surface area contributed by atoms with Crippen LogP contribution in [-0.4, -0.2) is 24.1 Å². The topological polar surface area (TPSA) is 161 Å². The van der Waals surface area contributed by atoms with Crippen LogP contribution in [0.3, 0.4) is 0 Å². The predicted molar refractivity (Wildman–Crippen MR) is 381 cm³/mol. The van der Waals surface area contributed by atoms with E-state index in [0.29, 0.717) is 90.3 Å². The summed E-state index contributed by atoms with van der Waals surface area (Å²) in [5.74, 6) is 1.42. The fourth-order valence-corrected chi connectivity index (χ4v) is 13.0. The second kappa shape index (κ2) is 24.1. The van der Waals surface area contributed by atoms with Gasteiger partial charge >= 0.3 is 0 Å². The molecule has 0 saturated heterocycles. The van der Waals surface area contributed by atoms with Crippen LogP contribution in [0.25, 0.3) is 164 Å². The minimum absolute atomic E-state index is 0.335. The van der Waals surface area contributed by atoms with Crippen molar-refractivity contribution in [2.45, 2.75) is 6.92 Å². The van der Waals surface area contributed by atoms with Crippen molar-refractivity contribution in [3.63, 3.8) is 0 Å². The van der Waals surface area contributed by atoms with Gasteiger partial charge in [0, 0.05) is 60.5 Å². The van der Waals surface area contributed by atoms with E-state index >= 15 is 0 Å². The van der Waals surface area contributed by atoms with E-state index in [-0.39, 0.29) is 0 Å². The van der Waals surface area contributed by atoms with Crippen LogP contribution < -0.4 is 0 Å². The Kier molecular flexibility index (Phi) is 14.5. The number of aryl methyl sites for hydroxylation is 1. The number of fused-ring (bicyclic) bond motifs is 6. The molecule has 15 aromatic rings. The van der Waals surface area contributed by atoms with Gasteiger partial charge in [-0.25, -0.2) is 34.3 Å². The Morgan fingerprint density at radius 1 is 0.289 bits per heavy atom. The van der Waals surface area contributed by atoms with Crippen LogP contribution in [0.5, 0.6) is 0 Å². The number of aromatic nitrogens is 5. The number of nitrogens with zero attached hydrogens (tertiary/aromatic N) is 13. The Hall–Kier alpha value is -14.8. The number of rotatable bonds is 10. The summed E-state index contributed by atoms with van der Waals surface area (Å²) < 4.78 is 4.50. The van der Waals surface area contributed by atoms with Crippen molar-refractivity contribution in [1.82, 2.24) is 24.1 Å². The number of nitriles is 4. The van der Waals surface area contributed by atoms with E-state index in [1.54, 1.807) is 72.8 Å². The molecular formula is C84H43N13. The molecule has 13 nitrogen and oxygen atoms in total. The van der Waals surface area contributed by atoms with E-state index in [2.05, 4.69) is 139 Å². The van der Waals surface area contributed by atoms with Gasteiger partial charge in [-0.1, -0.05) is 115 Å². The first-order valence-electron chi connectivity index (χ1n) is 30.5. The second-order valence-corrected chi connectivity index (χ2v) is 23.4. The summed E-state index contributed by atoms with van der Waals surface area (Å²) in [6.07, 6.45) is 0. The second-order valence-electron chi connectivity index (χ2n) is 23.4. The van der Waals surface area contributed by atoms with E-state index in [4.69, 9.17) is 41.2 Å². The van der Waals surface area contributed by atoms with Crippen molar-refractivity contribution < 1.29 is 0 Å². The highest BCUT2D eigenvalue weighted by molar-refractivity contribution is 6.14. The number of hydrogen-bond donors (Lipinski definition) is 0. The van der Waals surface area contributed by atoms with Crippen molar-refractivity contribution >= 4 is 66.4 Å². The quantitative estimate of drug-likeness (QED) is 0.123. The van der Waals surface area contributed by atoms with Crippen LogP contribution in [0.2, 0.25) is 0 Å². The molecule has 0 N–H and O–H groups in total. The maximum atomic E-state index is 10.2. The summed E-state index contributed by atoms with van der Waals surface area (Å²) >= 11 is 0. The molecule has 0 spiro atoms. The van der Waals surface area contributed by atoms with E-state index in [1.807, 2.05) is 91.0 Å². The Balaban J connectivity index is 1.04. The molecule has 3 aromatic heterocycles. The molecule has 0 radical (unpaired) electrons. The van der Waals surface area contributed by atoms with E-state index in [1.165, 1.54) is 0 Å². The molecule has 0 aliphatic carbocycles. The Bertz CT molecular complexity index is 5800. The fourth-order valence-electron chi connectivity index (χ4n) is 13.0. The Morgan fingerprint density at radius 2 is 0.608 bits per heavy atom. The average Bonchev–Trinajstić information content (AvgIpc) is 1.25. The van der Waals surface area contributed by atoms with Gasteiger partial charge in [-0.3, -0.25) is 0 Å². The minimum atomic E-state index is 0.335. The van der Waals surface area contributed by atoms with Crippen molar-refractivity contribution in [3.05, 3.63) is 316 Å². The van der Waals surface area contributed by atoms with Gasteiger partial charge in [0.1, 0.15) is 0 Å². The van der Waals surface area contributed by atoms with Gasteiger partial charge in [-0.05, 0) is 185 Å². The number of benzene rings is 12. The van der Waals surface area contributed by atoms with Crippen molar-refractivity contribution in [3.8, 4) is 125 Å². The maximum Gasteiger partial charge on any atom is 0.189 e. The molecule has 13 heteroatoms. The van der Waals surface area contributed by atoms with Crippen molar-refractivity contribution in [2.24, 2.45) is 0 Å². The van der Waals surface area contributed by atoms with Gasteiger partial charge in [0.05, 0.1) is 95.1 Å². The molecule has 0 atom stereocenters. The summed E-state index contributed by atoms with van der Waals surface area (Å²) in [5, 5.41) is 44.0. The first-order chi connectivity index (χ1) is 47.5. The Morgan fingerprint density at radius 3 is 0.990 bits per heavy atom. The van der Waals surface area contributed by atoms with Crippen LogP contribution in [0.4, 0.5) is 22.7 Å². The van der Waals surface area contributed by atoms with Crippen LogP contribution in [0.15, 0.2) is 243 Å². The SMILES string of the molecule is [C-]#[N+]c1cc(C#N)cc(-c2ccc3c(c2)c2cc(-c4cc(C#N)cc(C#N)c4)ccc2n3-c2ccc(C)cc2-c2cc(-c3nc(-c4ccccc4)nc(-c4ccccc4)n3)ccc2-n2c3ccc(-c4cc(C#N)cc([N+]#[C-])c4)cc3c3cc(-c4cc([N+]#[C-])cc([N+]#[C-])c4)ccc32)c1. The van der Waals surface area contributed by atoms with E-state index in [9.17, 15) is 21.0 Å². The summed E-state index contributed by atoms with van der Waals surface area (Å²) in [5.41, 5.74) is 18.5. The smallest absolute Gasteiger partial charge is 0.189 e. The van der Waals surface area contributed by atoms with Gasteiger partial charge in [0.15, 0.2) is 40.2 Å². The van der Waals surface area contributed by atoms with Crippen LogP contribution in [0, 0.1) is 78.5 Å². The average molecular weight is 1230 g/mol. The molecule has 12 aromatic carbocycles. The molecular weight excluding hydrogens is 1190 g/mol. The van der Waals surface area contributed by atoms with Gasteiger partial charge in [-0.2, -0.15) is 21.0 Å². The molecule has 0 amide bonds. The third-order valence-electron chi connectivity index (χ3n) is 17.4. The molecule has 0 aliphatic rings. The van der Waals surface area contributed by atoms with E-state index in [0.717, 1.165) is 105 Å². The molecule has 0 fully saturated rings. The summed E-state index contributed by atoms with van der Waals surface area (Å²) in [6.45, 7) is 33.9. The Labute approximate surface area is 556 Å². The molecule has 97 heavy (non-hydrogen) atoms. The lowest BCUT2D eigenvalue weighted by Gasteiger charge is -2.20. The van der Waals surface area contributed by atoms with Gasteiger partial charge in [-0.15, -0.1) is 0 Å². The van der Waals surface area contributed by atoms with Gasteiger partial charge < -0.3 is 9.13 Å². The lowest BCUT2D eigenvalue weighted by molar-refractivity contribution is 1.07. The van der Waals surface area contributed by atoms with Crippen LogP contribution in [0.1, 0.15) is 27.8 Å². The summed E-state index contributed by atoms with van der Waals surface area (Å²) in [4.78, 5) is 30.5. The zero-order valence-electron chi connectivity index (χ0n) is 51.4. The first kappa shape index (κ1) is 58.5. The summed E-state index contributed by atoms with van der Waals surface area (Å²) in [7, 11) is 0. The standard InChI is InChI=1S/C84H43N13/c1-50-16-22-76(96-77-23-17-57(62-30-51(46-85)29-52(31-62)47-86)40-71(77)72-41-58(18-24-78(72)96)63-32-53(48-87)34-66(36-63)89-2)70(28-50)75-44-61(84-94-82(55-12-8-6-9-13-55)93-83(95-84)56-14-10-7-11-15-56)21-27-81(75)97-79-25-19-59(64-33-54(49-88)35-67(37-64)90-3)42-73(79)74-43-60(20-26-80(74)97)65-38-68(91-4)45-69(39-65)92-5/h6-45H,1H3. The lowest BCUT2D eigenvalue weighted by Crippen LogP contribution is -2.04. The van der Waals surface area contributed by atoms with Crippen LogP contribution >= 0.6 is 0 Å². The monoisotopic (exact) mass is 1230 g/mol. The minimum Gasteiger partial charge on any atom is -0.309 e. The molecule has 444 valence electrons. The molecule has 0 unspecified atom stereocenters. The third kappa shape index (κ3) is 10.6. The first-order valence-corrected chi connectivity index (χ1v) is 30.5. The molecule has 0 saturated carbocycles.